The van der Waals surface area contributed by atoms with Gasteiger partial charge >= 0.3 is 6.03 Å². The molecule has 0 saturated carbocycles. The number of halogens is 2. The molecule has 3 N–H and O–H groups in total. The first-order valence-electron chi connectivity index (χ1n) is 6.27. The number of rotatable bonds is 3. The normalized spacial score (nSPS) is 11.8. The number of hydrogen-bond donors (Lipinski definition) is 3. The van der Waals surface area contributed by atoms with Crippen molar-refractivity contribution in [3.05, 3.63) is 58.9 Å². The third-order valence-corrected chi connectivity index (χ3v) is 3.11. The number of amides is 2. The van der Waals surface area contributed by atoms with E-state index in [-0.39, 0.29) is 5.02 Å². The van der Waals surface area contributed by atoms with Gasteiger partial charge in [0.05, 0.1) is 11.1 Å². The second-order valence-corrected chi connectivity index (χ2v) is 4.92. The predicted molar refractivity (Wildman–Crippen MR) is 81.1 cm³/mol. The van der Waals surface area contributed by atoms with Crippen LogP contribution in [0.2, 0.25) is 5.02 Å². The van der Waals surface area contributed by atoms with Crippen molar-refractivity contribution in [2.24, 2.45) is 0 Å². The van der Waals surface area contributed by atoms with E-state index in [0.29, 0.717) is 16.9 Å². The zero-order chi connectivity index (χ0) is 15.4. The lowest BCUT2D eigenvalue weighted by molar-refractivity contribution is 0.199. The smallest absolute Gasteiger partial charge is 0.323 e. The van der Waals surface area contributed by atoms with Crippen molar-refractivity contribution in [3.8, 4) is 0 Å². The number of urea groups is 1. The van der Waals surface area contributed by atoms with Crippen molar-refractivity contribution in [2.75, 3.05) is 10.6 Å². The van der Waals surface area contributed by atoms with E-state index < -0.39 is 18.0 Å². The second kappa shape index (κ2) is 6.56. The summed E-state index contributed by atoms with van der Waals surface area (Å²) >= 11 is 5.57. The van der Waals surface area contributed by atoms with Gasteiger partial charge in [0.15, 0.2) is 0 Å². The Balaban J connectivity index is 2.04. The van der Waals surface area contributed by atoms with Crippen LogP contribution in [0.5, 0.6) is 0 Å². The van der Waals surface area contributed by atoms with E-state index in [1.165, 1.54) is 12.1 Å². The summed E-state index contributed by atoms with van der Waals surface area (Å²) in [6.07, 6.45) is -0.625. The number of aliphatic hydroxyl groups excluding tert-OH is 1. The number of benzene rings is 2. The maximum absolute atomic E-state index is 13.3. The van der Waals surface area contributed by atoms with Crippen LogP contribution in [-0.4, -0.2) is 11.1 Å². The molecule has 6 heteroatoms. The highest BCUT2D eigenvalue weighted by Gasteiger charge is 2.07. The molecule has 0 aromatic heterocycles. The standard InChI is InChI=1S/C15H14ClFN2O2/c1-9(20)10-3-2-4-11(7-10)18-15(21)19-12-5-6-13(16)14(17)8-12/h2-9,20H,1H3,(H2,18,19,21). The van der Waals surface area contributed by atoms with Crippen LogP contribution in [0.4, 0.5) is 20.6 Å². The van der Waals surface area contributed by atoms with Crippen LogP contribution in [-0.2, 0) is 0 Å². The molecule has 1 unspecified atom stereocenters. The van der Waals surface area contributed by atoms with Gasteiger partial charge in [0.2, 0.25) is 0 Å². The molecule has 2 aromatic rings. The SMILES string of the molecule is CC(O)c1cccc(NC(=O)Nc2ccc(Cl)c(F)c2)c1. The van der Waals surface area contributed by atoms with Gasteiger partial charge in [-0.25, -0.2) is 9.18 Å². The lowest BCUT2D eigenvalue weighted by atomic mass is 10.1. The number of anilines is 2. The van der Waals surface area contributed by atoms with E-state index in [1.807, 2.05) is 0 Å². The lowest BCUT2D eigenvalue weighted by Crippen LogP contribution is -2.19. The van der Waals surface area contributed by atoms with Crippen LogP contribution in [0.15, 0.2) is 42.5 Å². The van der Waals surface area contributed by atoms with Crippen LogP contribution in [0.25, 0.3) is 0 Å². The van der Waals surface area contributed by atoms with E-state index in [4.69, 9.17) is 11.6 Å². The molecule has 0 aliphatic carbocycles. The molecule has 0 aliphatic rings. The molecule has 21 heavy (non-hydrogen) atoms. The highest BCUT2D eigenvalue weighted by molar-refractivity contribution is 6.30. The van der Waals surface area contributed by atoms with Crippen molar-refractivity contribution in [2.45, 2.75) is 13.0 Å². The van der Waals surface area contributed by atoms with Crippen LogP contribution in [0.3, 0.4) is 0 Å². The number of nitrogens with one attached hydrogen (secondary N) is 2. The summed E-state index contributed by atoms with van der Waals surface area (Å²) in [6.45, 7) is 1.63. The number of hydrogen-bond acceptors (Lipinski definition) is 2. The lowest BCUT2D eigenvalue weighted by Gasteiger charge is -2.10. The van der Waals surface area contributed by atoms with Gasteiger partial charge in [-0.2, -0.15) is 0 Å². The maximum Gasteiger partial charge on any atom is 0.323 e. The van der Waals surface area contributed by atoms with Crippen molar-refractivity contribution in [1.29, 1.82) is 0 Å². The first-order chi connectivity index (χ1) is 9.95. The first-order valence-corrected chi connectivity index (χ1v) is 6.64. The Hall–Kier alpha value is -2.11. The quantitative estimate of drug-likeness (QED) is 0.796. The van der Waals surface area contributed by atoms with Gasteiger partial charge in [0.25, 0.3) is 0 Å². The molecule has 4 nitrogen and oxygen atoms in total. The largest absolute Gasteiger partial charge is 0.389 e. The number of aliphatic hydroxyl groups is 1. The van der Waals surface area contributed by atoms with Gasteiger partial charge in [0, 0.05) is 11.4 Å². The molecule has 2 aromatic carbocycles. The fourth-order valence-corrected chi connectivity index (χ4v) is 1.86. The van der Waals surface area contributed by atoms with Crippen LogP contribution >= 0.6 is 11.6 Å². The Kier molecular flexibility index (Phi) is 4.77. The average Bonchev–Trinajstić information content (AvgIpc) is 2.43. The molecule has 0 saturated heterocycles. The molecule has 110 valence electrons. The second-order valence-electron chi connectivity index (χ2n) is 4.51. The molecule has 0 bridgehead atoms. The summed E-state index contributed by atoms with van der Waals surface area (Å²) in [5.74, 6) is -0.606. The van der Waals surface area contributed by atoms with Gasteiger partial charge in [-0.1, -0.05) is 23.7 Å². The molecular weight excluding hydrogens is 295 g/mol. The van der Waals surface area contributed by atoms with Gasteiger partial charge in [0.1, 0.15) is 5.82 Å². The average molecular weight is 309 g/mol. The minimum absolute atomic E-state index is 0.00871. The predicted octanol–water partition coefficient (Wildman–Crippen LogP) is 4.18. The fraction of sp³-hybridized carbons (Fsp3) is 0.133. The van der Waals surface area contributed by atoms with E-state index >= 15 is 0 Å². The van der Waals surface area contributed by atoms with Gasteiger partial charge in [-0.15, -0.1) is 0 Å². The Morgan fingerprint density at radius 2 is 1.86 bits per heavy atom. The highest BCUT2D eigenvalue weighted by Crippen LogP contribution is 2.20. The fourth-order valence-electron chi connectivity index (χ4n) is 1.74. The van der Waals surface area contributed by atoms with Crippen LogP contribution in [0.1, 0.15) is 18.6 Å². The van der Waals surface area contributed by atoms with Crippen molar-refractivity contribution < 1.29 is 14.3 Å². The Labute approximate surface area is 126 Å². The van der Waals surface area contributed by atoms with Gasteiger partial charge in [-0.05, 0) is 42.8 Å². The monoisotopic (exact) mass is 308 g/mol. The summed E-state index contributed by atoms with van der Waals surface area (Å²) in [6, 6.07) is 10.3. The van der Waals surface area contributed by atoms with Gasteiger partial charge in [-0.3, -0.25) is 0 Å². The van der Waals surface area contributed by atoms with Crippen LogP contribution in [0, 0.1) is 5.82 Å². The molecule has 2 amide bonds. The third kappa shape index (κ3) is 4.18. The molecule has 2 rings (SSSR count). The topological polar surface area (TPSA) is 61.4 Å². The van der Waals surface area contributed by atoms with Crippen LogP contribution < -0.4 is 10.6 Å². The highest BCUT2D eigenvalue weighted by atomic mass is 35.5. The van der Waals surface area contributed by atoms with E-state index in [0.717, 1.165) is 6.07 Å². The summed E-state index contributed by atoms with van der Waals surface area (Å²) in [7, 11) is 0. The summed E-state index contributed by atoms with van der Waals surface area (Å²) in [5.41, 5.74) is 1.51. The molecule has 0 heterocycles. The molecular formula is C15H14ClFN2O2. The van der Waals surface area contributed by atoms with Crippen molar-refractivity contribution in [3.63, 3.8) is 0 Å². The Morgan fingerprint density at radius 1 is 1.19 bits per heavy atom. The molecule has 1 atom stereocenters. The van der Waals surface area contributed by atoms with Crippen molar-refractivity contribution in [1.82, 2.24) is 0 Å². The van der Waals surface area contributed by atoms with E-state index in [2.05, 4.69) is 10.6 Å². The summed E-state index contributed by atoms with van der Waals surface area (Å²) in [5, 5.41) is 14.6. The Bertz CT molecular complexity index is 662. The molecule has 0 spiro atoms. The Morgan fingerprint density at radius 3 is 2.48 bits per heavy atom. The first kappa shape index (κ1) is 15.3. The van der Waals surface area contributed by atoms with E-state index in [1.54, 1.807) is 31.2 Å². The van der Waals surface area contributed by atoms with E-state index in [9.17, 15) is 14.3 Å². The summed E-state index contributed by atoms with van der Waals surface area (Å²) < 4.78 is 13.3. The minimum atomic E-state index is -0.625. The van der Waals surface area contributed by atoms with Crippen molar-refractivity contribution >= 4 is 29.0 Å². The molecule has 0 aliphatic heterocycles. The summed E-state index contributed by atoms with van der Waals surface area (Å²) in [4.78, 5) is 11.8. The maximum atomic E-state index is 13.3. The zero-order valence-electron chi connectivity index (χ0n) is 11.2. The number of carbonyl (C=O) groups excluding carboxylic acids is 1. The zero-order valence-corrected chi connectivity index (χ0v) is 12.0. The third-order valence-electron chi connectivity index (χ3n) is 2.80. The minimum Gasteiger partial charge on any atom is -0.389 e. The van der Waals surface area contributed by atoms with Gasteiger partial charge < -0.3 is 15.7 Å². The molecule has 0 radical (unpaired) electrons. The molecule has 0 fully saturated rings. The number of carbonyl (C=O) groups is 1.